The monoisotopic (exact) mass is 286 g/mol. The van der Waals surface area contributed by atoms with E-state index in [0.29, 0.717) is 10.6 Å². The first-order valence-corrected chi connectivity index (χ1v) is 6.39. The Kier molecular flexibility index (Phi) is 3.18. The second-order valence-corrected chi connectivity index (χ2v) is 4.76. The molecule has 0 unspecified atom stereocenters. The number of hydroxylamine groups is 1. The highest BCUT2D eigenvalue weighted by atomic mass is 35.5. The van der Waals surface area contributed by atoms with Crippen molar-refractivity contribution < 1.29 is 10.0 Å². The lowest BCUT2D eigenvalue weighted by molar-refractivity contribution is 0.0706. The zero-order valence-electron chi connectivity index (χ0n) is 10.4. The lowest BCUT2D eigenvalue weighted by atomic mass is 10.1. The average Bonchev–Trinajstić information content (AvgIpc) is 2.84. The molecule has 3 aromatic rings. The lowest BCUT2D eigenvalue weighted by Gasteiger charge is -1.98. The number of rotatable bonds is 2. The van der Waals surface area contributed by atoms with Gasteiger partial charge in [-0.2, -0.15) is 0 Å². The van der Waals surface area contributed by atoms with Crippen LogP contribution in [0.5, 0.6) is 0 Å². The Morgan fingerprint density at radius 2 is 1.90 bits per heavy atom. The van der Waals surface area contributed by atoms with Crippen LogP contribution in [0, 0.1) is 0 Å². The normalized spacial score (nSPS) is 10.7. The number of carbonyl (C=O) groups is 1. The minimum atomic E-state index is -0.557. The maximum atomic E-state index is 11.4. The van der Waals surface area contributed by atoms with Gasteiger partial charge < -0.3 is 4.98 Å². The lowest BCUT2D eigenvalue weighted by Crippen LogP contribution is -2.18. The van der Waals surface area contributed by atoms with Crippen molar-refractivity contribution in [2.24, 2.45) is 0 Å². The first kappa shape index (κ1) is 12.7. The third-order valence-electron chi connectivity index (χ3n) is 3.16. The van der Waals surface area contributed by atoms with Crippen molar-refractivity contribution in [2.75, 3.05) is 0 Å². The van der Waals surface area contributed by atoms with Gasteiger partial charge in [-0.3, -0.25) is 10.0 Å². The van der Waals surface area contributed by atoms with Gasteiger partial charge in [0.05, 0.1) is 10.7 Å². The van der Waals surface area contributed by atoms with Crippen LogP contribution in [0.25, 0.3) is 22.2 Å². The molecule has 3 N–H and O–H groups in total. The molecule has 0 saturated heterocycles. The molecule has 1 aromatic heterocycles. The molecule has 3 rings (SSSR count). The Morgan fingerprint density at radius 3 is 2.60 bits per heavy atom. The van der Waals surface area contributed by atoms with Crippen LogP contribution in [0.3, 0.4) is 0 Å². The van der Waals surface area contributed by atoms with E-state index in [1.54, 1.807) is 23.7 Å². The molecule has 20 heavy (non-hydrogen) atoms. The molecule has 4 nitrogen and oxygen atoms in total. The summed E-state index contributed by atoms with van der Waals surface area (Å²) >= 11 is 6.38. The molecule has 0 aliphatic heterocycles. The van der Waals surface area contributed by atoms with Gasteiger partial charge in [0.2, 0.25) is 0 Å². The Labute approximate surface area is 120 Å². The molecule has 0 spiro atoms. The molecule has 100 valence electrons. The van der Waals surface area contributed by atoms with Gasteiger partial charge in [0.15, 0.2) is 0 Å². The van der Waals surface area contributed by atoms with Crippen molar-refractivity contribution in [3.05, 3.63) is 59.1 Å². The van der Waals surface area contributed by atoms with Gasteiger partial charge in [-0.05, 0) is 17.7 Å². The highest BCUT2D eigenvalue weighted by Crippen LogP contribution is 2.34. The van der Waals surface area contributed by atoms with E-state index in [9.17, 15) is 4.79 Å². The minimum absolute atomic E-state index is 0.359. The van der Waals surface area contributed by atoms with Crippen LogP contribution in [0.4, 0.5) is 0 Å². The maximum absolute atomic E-state index is 11.4. The third-order valence-corrected chi connectivity index (χ3v) is 3.55. The van der Waals surface area contributed by atoms with Crippen LogP contribution in [-0.2, 0) is 0 Å². The Hall–Kier alpha value is -2.30. The third kappa shape index (κ3) is 2.05. The predicted molar refractivity (Wildman–Crippen MR) is 78.0 cm³/mol. The van der Waals surface area contributed by atoms with Crippen molar-refractivity contribution in [3.8, 4) is 11.3 Å². The van der Waals surface area contributed by atoms with Crippen LogP contribution in [-0.4, -0.2) is 16.1 Å². The standard InChI is InChI=1S/C15H11ClN2O2/c16-13-11-7-6-10(15(19)18-20)8-12(11)17-14(13)9-4-2-1-3-5-9/h1-8,17,20H,(H,18,19). The smallest absolute Gasteiger partial charge is 0.274 e. The highest BCUT2D eigenvalue weighted by Gasteiger charge is 2.13. The van der Waals surface area contributed by atoms with Gasteiger partial charge in [-0.1, -0.05) is 48.0 Å². The zero-order valence-corrected chi connectivity index (χ0v) is 11.1. The van der Waals surface area contributed by atoms with Crippen LogP contribution in [0.15, 0.2) is 48.5 Å². The number of nitrogens with one attached hydrogen (secondary N) is 2. The number of benzene rings is 2. The van der Waals surface area contributed by atoms with E-state index in [-0.39, 0.29) is 0 Å². The Balaban J connectivity index is 2.17. The summed E-state index contributed by atoms with van der Waals surface area (Å²) in [7, 11) is 0. The summed E-state index contributed by atoms with van der Waals surface area (Å²) in [4.78, 5) is 14.6. The van der Waals surface area contributed by atoms with E-state index in [4.69, 9.17) is 16.8 Å². The number of aromatic amines is 1. The van der Waals surface area contributed by atoms with Crippen LogP contribution < -0.4 is 5.48 Å². The Bertz CT molecular complexity index is 781. The van der Waals surface area contributed by atoms with Crippen LogP contribution >= 0.6 is 11.6 Å². The maximum Gasteiger partial charge on any atom is 0.274 e. The summed E-state index contributed by atoms with van der Waals surface area (Å²) in [6.07, 6.45) is 0. The molecule has 0 aliphatic carbocycles. The van der Waals surface area contributed by atoms with Crippen molar-refractivity contribution in [1.82, 2.24) is 10.5 Å². The van der Waals surface area contributed by atoms with Crippen molar-refractivity contribution in [1.29, 1.82) is 0 Å². The summed E-state index contributed by atoms with van der Waals surface area (Å²) in [5, 5.41) is 10.1. The molecule has 0 bridgehead atoms. The van der Waals surface area contributed by atoms with Gasteiger partial charge in [-0.15, -0.1) is 0 Å². The number of fused-ring (bicyclic) bond motifs is 1. The van der Waals surface area contributed by atoms with E-state index in [1.807, 2.05) is 30.3 Å². The van der Waals surface area contributed by atoms with Crippen molar-refractivity contribution >= 4 is 28.4 Å². The van der Waals surface area contributed by atoms with E-state index in [0.717, 1.165) is 22.2 Å². The SMILES string of the molecule is O=C(NO)c1ccc2c(Cl)c(-c3ccccc3)[nH]c2c1. The van der Waals surface area contributed by atoms with Gasteiger partial charge in [0.25, 0.3) is 5.91 Å². The fourth-order valence-electron chi connectivity index (χ4n) is 2.17. The van der Waals surface area contributed by atoms with E-state index in [1.165, 1.54) is 0 Å². The second kappa shape index (κ2) is 5.00. The summed E-state index contributed by atoms with van der Waals surface area (Å²) in [6, 6.07) is 14.7. The Morgan fingerprint density at radius 1 is 1.15 bits per heavy atom. The molecule has 0 radical (unpaired) electrons. The fraction of sp³-hybridized carbons (Fsp3) is 0. The molecule has 0 saturated carbocycles. The zero-order chi connectivity index (χ0) is 14.1. The fourth-order valence-corrected chi connectivity index (χ4v) is 2.49. The largest absolute Gasteiger partial charge is 0.353 e. The van der Waals surface area contributed by atoms with Crippen LogP contribution in [0.1, 0.15) is 10.4 Å². The van der Waals surface area contributed by atoms with Crippen molar-refractivity contribution in [2.45, 2.75) is 0 Å². The molecule has 0 aliphatic rings. The van der Waals surface area contributed by atoms with Crippen molar-refractivity contribution in [3.63, 3.8) is 0 Å². The summed E-state index contributed by atoms with van der Waals surface area (Å²) < 4.78 is 0. The molecule has 0 atom stereocenters. The van der Waals surface area contributed by atoms with Crippen LogP contribution in [0.2, 0.25) is 5.02 Å². The number of aromatic nitrogens is 1. The molecule has 2 aromatic carbocycles. The second-order valence-electron chi connectivity index (χ2n) is 4.38. The highest BCUT2D eigenvalue weighted by molar-refractivity contribution is 6.38. The molecular weight excluding hydrogens is 276 g/mol. The summed E-state index contributed by atoms with van der Waals surface area (Å²) in [5.41, 5.74) is 4.50. The first-order valence-electron chi connectivity index (χ1n) is 6.02. The van der Waals surface area contributed by atoms with Gasteiger partial charge in [0.1, 0.15) is 0 Å². The molecule has 1 amide bonds. The number of hydrogen-bond acceptors (Lipinski definition) is 2. The topological polar surface area (TPSA) is 65.1 Å². The number of carbonyl (C=O) groups excluding carboxylic acids is 1. The van der Waals surface area contributed by atoms with E-state index in [2.05, 4.69) is 4.98 Å². The van der Waals surface area contributed by atoms with Gasteiger partial charge >= 0.3 is 0 Å². The quantitative estimate of drug-likeness (QED) is 0.498. The van der Waals surface area contributed by atoms with Gasteiger partial charge in [0, 0.05) is 16.5 Å². The molecular formula is C15H11ClN2O2. The number of hydrogen-bond donors (Lipinski definition) is 3. The minimum Gasteiger partial charge on any atom is -0.353 e. The summed E-state index contributed by atoms with van der Waals surface area (Å²) in [5.74, 6) is -0.557. The first-order chi connectivity index (χ1) is 9.70. The average molecular weight is 287 g/mol. The van der Waals surface area contributed by atoms with E-state index < -0.39 is 5.91 Å². The number of amides is 1. The molecule has 1 heterocycles. The van der Waals surface area contributed by atoms with E-state index >= 15 is 0 Å². The molecule has 0 fully saturated rings. The number of halogens is 1. The van der Waals surface area contributed by atoms with Gasteiger partial charge in [-0.25, -0.2) is 5.48 Å². The number of H-pyrrole nitrogens is 1. The predicted octanol–water partition coefficient (Wildman–Crippen LogP) is 3.61. The summed E-state index contributed by atoms with van der Waals surface area (Å²) in [6.45, 7) is 0. The molecule has 5 heteroatoms.